The molecule has 0 saturated heterocycles. The number of amides is 1. The molecule has 1 atom stereocenters. The highest BCUT2D eigenvalue weighted by atomic mass is 19.1. The Morgan fingerprint density at radius 2 is 2.04 bits per heavy atom. The summed E-state index contributed by atoms with van der Waals surface area (Å²) < 4.78 is 13.2. The Bertz CT molecular complexity index is 907. The van der Waals surface area contributed by atoms with E-state index in [0.29, 0.717) is 36.7 Å². The molecular formula is C20H22FN5O. The summed E-state index contributed by atoms with van der Waals surface area (Å²) in [7, 11) is 0. The third-order valence-electron chi connectivity index (χ3n) is 4.16. The van der Waals surface area contributed by atoms with Crippen LogP contribution in [0.2, 0.25) is 0 Å². The Labute approximate surface area is 157 Å². The van der Waals surface area contributed by atoms with E-state index in [4.69, 9.17) is 5.73 Å². The van der Waals surface area contributed by atoms with E-state index in [0.717, 1.165) is 11.1 Å². The number of hydrogen-bond acceptors (Lipinski definition) is 4. The summed E-state index contributed by atoms with van der Waals surface area (Å²) >= 11 is 0. The predicted octanol–water partition coefficient (Wildman–Crippen LogP) is 3.28. The van der Waals surface area contributed by atoms with Crippen molar-refractivity contribution in [2.75, 3.05) is 5.32 Å². The van der Waals surface area contributed by atoms with E-state index in [1.807, 2.05) is 37.3 Å². The van der Waals surface area contributed by atoms with Gasteiger partial charge in [-0.3, -0.25) is 9.89 Å². The van der Waals surface area contributed by atoms with Crippen LogP contribution < -0.4 is 11.1 Å². The van der Waals surface area contributed by atoms with Gasteiger partial charge in [0.05, 0.1) is 6.54 Å². The minimum atomic E-state index is -0.255. The number of hydrogen-bond donors (Lipinski definition) is 3. The summed E-state index contributed by atoms with van der Waals surface area (Å²) in [4.78, 5) is 16.5. The molecule has 0 bridgehead atoms. The third-order valence-corrected chi connectivity index (χ3v) is 4.16. The summed E-state index contributed by atoms with van der Waals surface area (Å²) in [6, 6.07) is 13.8. The minimum Gasteiger partial charge on any atom is -0.326 e. The SMILES string of the molecule is CC(CC(=O)Nc1ccc(-c2n[nH]c(CN)n2)cc1)Cc1cccc(F)c1. The molecular weight excluding hydrogens is 345 g/mol. The lowest BCUT2D eigenvalue weighted by atomic mass is 9.97. The van der Waals surface area contributed by atoms with Crippen LogP contribution in [-0.2, 0) is 17.8 Å². The molecule has 1 unspecified atom stereocenters. The van der Waals surface area contributed by atoms with Crippen molar-refractivity contribution in [2.45, 2.75) is 26.3 Å². The molecule has 1 aromatic heterocycles. The Morgan fingerprint density at radius 1 is 1.26 bits per heavy atom. The zero-order valence-corrected chi connectivity index (χ0v) is 15.1. The Kier molecular flexibility index (Phi) is 5.93. The van der Waals surface area contributed by atoms with Gasteiger partial charge < -0.3 is 11.1 Å². The van der Waals surface area contributed by atoms with Crippen LogP contribution in [0.3, 0.4) is 0 Å². The standard InChI is InChI=1S/C20H22FN5O/c1-13(9-14-3-2-4-16(21)11-14)10-19(27)23-17-7-5-15(6-8-17)20-24-18(12-22)25-26-20/h2-8,11,13H,9-10,12,22H2,1H3,(H,23,27)(H,24,25,26). The number of nitrogens with one attached hydrogen (secondary N) is 2. The number of nitrogens with two attached hydrogens (primary N) is 1. The van der Waals surface area contributed by atoms with Crippen LogP contribution in [0.5, 0.6) is 0 Å². The van der Waals surface area contributed by atoms with Gasteiger partial charge in [-0.15, -0.1) is 0 Å². The van der Waals surface area contributed by atoms with Crippen LogP contribution in [-0.4, -0.2) is 21.1 Å². The molecule has 27 heavy (non-hydrogen) atoms. The van der Waals surface area contributed by atoms with Gasteiger partial charge in [0.1, 0.15) is 11.6 Å². The van der Waals surface area contributed by atoms with E-state index < -0.39 is 0 Å². The molecule has 0 aliphatic rings. The normalized spacial score (nSPS) is 12.0. The Hall–Kier alpha value is -3.06. The average molecular weight is 367 g/mol. The molecule has 140 valence electrons. The van der Waals surface area contributed by atoms with E-state index in [1.54, 1.807) is 6.07 Å². The van der Waals surface area contributed by atoms with Crippen molar-refractivity contribution >= 4 is 11.6 Å². The fourth-order valence-corrected chi connectivity index (χ4v) is 2.89. The molecule has 3 aromatic rings. The zero-order chi connectivity index (χ0) is 19.2. The number of carbonyl (C=O) groups is 1. The largest absolute Gasteiger partial charge is 0.326 e. The van der Waals surface area contributed by atoms with E-state index in [9.17, 15) is 9.18 Å². The monoisotopic (exact) mass is 367 g/mol. The fourth-order valence-electron chi connectivity index (χ4n) is 2.89. The second-order valence-corrected chi connectivity index (χ2v) is 6.58. The van der Waals surface area contributed by atoms with Crippen molar-refractivity contribution in [3.63, 3.8) is 0 Å². The average Bonchev–Trinajstić information content (AvgIpc) is 3.11. The first-order valence-electron chi connectivity index (χ1n) is 8.79. The first-order valence-corrected chi connectivity index (χ1v) is 8.79. The first-order chi connectivity index (χ1) is 13.0. The molecule has 0 fully saturated rings. The van der Waals surface area contributed by atoms with Crippen LogP contribution in [0, 0.1) is 11.7 Å². The van der Waals surface area contributed by atoms with Crippen LogP contribution >= 0.6 is 0 Å². The quantitative estimate of drug-likeness (QED) is 0.597. The van der Waals surface area contributed by atoms with E-state index in [1.165, 1.54) is 12.1 Å². The van der Waals surface area contributed by atoms with Gasteiger partial charge in [0.25, 0.3) is 0 Å². The molecule has 0 radical (unpaired) electrons. The van der Waals surface area contributed by atoms with Gasteiger partial charge >= 0.3 is 0 Å². The van der Waals surface area contributed by atoms with E-state index in [2.05, 4.69) is 20.5 Å². The Balaban J connectivity index is 1.54. The van der Waals surface area contributed by atoms with Gasteiger partial charge in [-0.05, 0) is 54.3 Å². The van der Waals surface area contributed by atoms with Crippen molar-refractivity contribution in [3.8, 4) is 11.4 Å². The molecule has 0 aliphatic heterocycles. The zero-order valence-electron chi connectivity index (χ0n) is 15.1. The van der Waals surface area contributed by atoms with E-state index in [-0.39, 0.29) is 17.6 Å². The Morgan fingerprint density at radius 3 is 2.70 bits per heavy atom. The van der Waals surface area contributed by atoms with E-state index >= 15 is 0 Å². The second kappa shape index (κ2) is 8.55. The topological polar surface area (TPSA) is 96.7 Å². The van der Waals surface area contributed by atoms with Crippen LogP contribution in [0.4, 0.5) is 10.1 Å². The van der Waals surface area contributed by atoms with Gasteiger partial charge in [0, 0.05) is 17.7 Å². The summed E-state index contributed by atoms with van der Waals surface area (Å²) in [5.41, 5.74) is 7.95. The van der Waals surface area contributed by atoms with Crippen molar-refractivity contribution in [1.82, 2.24) is 15.2 Å². The predicted molar refractivity (Wildman–Crippen MR) is 102 cm³/mol. The van der Waals surface area contributed by atoms with Crippen molar-refractivity contribution in [3.05, 3.63) is 65.7 Å². The lowest BCUT2D eigenvalue weighted by Gasteiger charge is -2.12. The number of halogens is 1. The maximum atomic E-state index is 13.2. The summed E-state index contributed by atoms with van der Waals surface area (Å²) in [5.74, 6) is 0.963. The second-order valence-electron chi connectivity index (χ2n) is 6.58. The van der Waals surface area contributed by atoms with Crippen molar-refractivity contribution < 1.29 is 9.18 Å². The smallest absolute Gasteiger partial charge is 0.224 e. The molecule has 7 heteroatoms. The molecule has 0 aliphatic carbocycles. The minimum absolute atomic E-state index is 0.0741. The highest BCUT2D eigenvalue weighted by Gasteiger charge is 2.11. The summed E-state index contributed by atoms with van der Waals surface area (Å²) in [5, 5.41) is 9.75. The molecule has 4 N–H and O–H groups in total. The maximum absolute atomic E-state index is 13.2. The van der Waals surface area contributed by atoms with Crippen molar-refractivity contribution in [1.29, 1.82) is 0 Å². The first kappa shape index (κ1) is 18.7. The van der Waals surface area contributed by atoms with Gasteiger partial charge in [-0.1, -0.05) is 19.1 Å². The number of H-pyrrole nitrogens is 1. The van der Waals surface area contributed by atoms with Crippen LogP contribution in [0.1, 0.15) is 24.7 Å². The highest BCUT2D eigenvalue weighted by Crippen LogP contribution is 2.19. The number of nitrogens with zero attached hydrogens (tertiary/aromatic N) is 2. The summed E-state index contributed by atoms with van der Waals surface area (Å²) in [6.07, 6.45) is 1.01. The number of benzene rings is 2. The van der Waals surface area contributed by atoms with Gasteiger partial charge in [-0.2, -0.15) is 5.10 Å². The molecule has 3 rings (SSSR count). The number of rotatable bonds is 7. The van der Waals surface area contributed by atoms with Gasteiger partial charge in [0.2, 0.25) is 5.91 Å². The van der Waals surface area contributed by atoms with Crippen LogP contribution in [0.25, 0.3) is 11.4 Å². The molecule has 2 aromatic carbocycles. The maximum Gasteiger partial charge on any atom is 0.224 e. The summed E-state index contributed by atoms with van der Waals surface area (Å²) in [6.45, 7) is 2.28. The van der Waals surface area contributed by atoms with Gasteiger partial charge in [-0.25, -0.2) is 9.37 Å². The number of carbonyl (C=O) groups excluding carboxylic acids is 1. The number of aromatic nitrogens is 3. The highest BCUT2D eigenvalue weighted by molar-refractivity contribution is 5.91. The number of anilines is 1. The lowest BCUT2D eigenvalue weighted by molar-refractivity contribution is -0.116. The molecule has 6 nitrogen and oxygen atoms in total. The lowest BCUT2D eigenvalue weighted by Crippen LogP contribution is -2.16. The molecule has 1 amide bonds. The van der Waals surface area contributed by atoms with Crippen LogP contribution in [0.15, 0.2) is 48.5 Å². The van der Waals surface area contributed by atoms with Gasteiger partial charge in [0.15, 0.2) is 5.82 Å². The molecule has 1 heterocycles. The van der Waals surface area contributed by atoms with Crippen molar-refractivity contribution in [2.24, 2.45) is 11.7 Å². The molecule has 0 saturated carbocycles. The fraction of sp³-hybridized carbons (Fsp3) is 0.250. The number of aromatic amines is 1. The molecule has 0 spiro atoms. The third kappa shape index (κ3) is 5.21.